The maximum absolute atomic E-state index is 12.3. The summed E-state index contributed by atoms with van der Waals surface area (Å²) in [5, 5.41) is 0. The number of rotatable bonds is 8. The van der Waals surface area contributed by atoms with Crippen molar-refractivity contribution >= 4 is 12.1 Å². The SMILES string of the molecule is CCOC(=O)C(C/C=C/COC(=O)OC)c1ccc(-c2ccccc2)cn1. The number of benzene rings is 1. The van der Waals surface area contributed by atoms with E-state index in [1.807, 2.05) is 42.5 Å². The van der Waals surface area contributed by atoms with Crippen molar-refractivity contribution in [2.45, 2.75) is 19.3 Å². The van der Waals surface area contributed by atoms with Gasteiger partial charge in [0.1, 0.15) is 12.5 Å². The van der Waals surface area contributed by atoms with Gasteiger partial charge in [-0.1, -0.05) is 48.6 Å². The Morgan fingerprint density at radius 3 is 2.44 bits per heavy atom. The number of aromatic nitrogens is 1. The Morgan fingerprint density at radius 1 is 1.04 bits per heavy atom. The molecule has 0 aliphatic carbocycles. The molecule has 0 amide bonds. The van der Waals surface area contributed by atoms with E-state index in [1.54, 1.807) is 25.3 Å². The van der Waals surface area contributed by atoms with Crippen LogP contribution in [0.3, 0.4) is 0 Å². The summed E-state index contributed by atoms with van der Waals surface area (Å²) in [4.78, 5) is 27.7. The first-order valence-electron chi connectivity index (χ1n) is 8.69. The highest BCUT2D eigenvalue weighted by Crippen LogP contribution is 2.24. The maximum Gasteiger partial charge on any atom is 0.508 e. The molecule has 0 N–H and O–H groups in total. The summed E-state index contributed by atoms with van der Waals surface area (Å²) in [7, 11) is 1.24. The maximum atomic E-state index is 12.3. The summed E-state index contributed by atoms with van der Waals surface area (Å²) in [6.45, 7) is 2.14. The van der Waals surface area contributed by atoms with Crippen LogP contribution in [-0.2, 0) is 19.0 Å². The molecule has 1 heterocycles. The number of carbonyl (C=O) groups is 2. The van der Waals surface area contributed by atoms with Crippen LogP contribution in [0.4, 0.5) is 4.79 Å². The molecule has 0 aliphatic rings. The third-order valence-corrected chi connectivity index (χ3v) is 3.82. The lowest BCUT2D eigenvalue weighted by atomic mass is 9.99. The third-order valence-electron chi connectivity index (χ3n) is 3.82. The van der Waals surface area contributed by atoms with E-state index in [-0.39, 0.29) is 12.6 Å². The van der Waals surface area contributed by atoms with Crippen molar-refractivity contribution in [1.82, 2.24) is 4.98 Å². The van der Waals surface area contributed by atoms with E-state index in [1.165, 1.54) is 7.11 Å². The van der Waals surface area contributed by atoms with Crippen molar-refractivity contribution in [3.8, 4) is 11.1 Å². The third kappa shape index (κ3) is 6.26. The number of hydrogen-bond donors (Lipinski definition) is 0. The molecule has 0 fully saturated rings. The summed E-state index contributed by atoms with van der Waals surface area (Å²) >= 11 is 0. The Bertz CT molecular complexity index is 756. The van der Waals surface area contributed by atoms with E-state index < -0.39 is 12.1 Å². The van der Waals surface area contributed by atoms with Gasteiger partial charge in [-0.2, -0.15) is 0 Å². The molecule has 0 aliphatic heterocycles. The number of ether oxygens (including phenoxy) is 3. The first-order valence-corrected chi connectivity index (χ1v) is 8.69. The predicted octanol–water partition coefficient (Wildman–Crippen LogP) is 4.12. The standard InChI is InChI=1S/C21H23NO5/c1-3-26-20(23)18(11-7-8-14-27-21(24)25-2)19-13-12-17(15-22-19)16-9-5-4-6-10-16/h4-10,12-13,15,18H,3,11,14H2,1-2H3/b8-7+. The van der Waals surface area contributed by atoms with Crippen molar-refractivity contribution in [1.29, 1.82) is 0 Å². The molecule has 0 saturated heterocycles. The van der Waals surface area contributed by atoms with Crippen molar-refractivity contribution in [2.24, 2.45) is 0 Å². The van der Waals surface area contributed by atoms with E-state index in [2.05, 4.69) is 9.72 Å². The van der Waals surface area contributed by atoms with Gasteiger partial charge in [-0.3, -0.25) is 9.78 Å². The number of pyridine rings is 1. The van der Waals surface area contributed by atoms with Crippen LogP contribution in [0.25, 0.3) is 11.1 Å². The summed E-state index contributed by atoms with van der Waals surface area (Å²) in [6, 6.07) is 13.7. The second-order valence-electron chi connectivity index (χ2n) is 5.61. The highest BCUT2D eigenvalue weighted by molar-refractivity contribution is 5.78. The molecular formula is C21H23NO5. The first kappa shape index (κ1) is 20.2. The summed E-state index contributed by atoms with van der Waals surface area (Å²) < 4.78 is 14.3. The summed E-state index contributed by atoms with van der Waals surface area (Å²) in [5.41, 5.74) is 2.67. The predicted molar refractivity (Wildman–Crippen MR) is 101 cm³/mol. The zero-order valence-electron chi connectivity index (χ0n) is 15.5. The Labute approximate surface area is 158 Å². The molecule has 0 saturated carbocycles. The fourth-order valence-corrected chi connectivity index (χ4v) is 2.47. The van der Waals surface area contributed by atoms with Gasteiger partial charge in [-0.15, -0.1) is 0 Å². The fraction of sp³-hybridized carbons (Fsp3) is 0.286. The van der Waals surface area contributed by atoms with Crippen LogP contribution in [0.1, 0.15) is 25.0 Å². The molecule has 1 atom stereocenters. The number of nitrogens with zero attached hydrogens (tertiary/aromatic N) is 1. The number of carbonyl (C=O) groups excluding carboxylic acids is 2. The van der Waals surface area contributed by atoms with Crippen LogP contribution in [0.2, 0.25) is 0 Å². The number of hydrogen-bond acceptors (Lipinski definition) is 6. The van der Waals surface area contributed by atoms with Crippen molar-refractivity contribution in [3.63, 3.8) is 0 Å². The van der Waals surface area contributed by atoms with Crippen LogP contribution in [-0.4, -0.2) is 37.4 Å². The molecule has 1 aromatic carbocycles. The molecule has 6 nitrogen and oxygen atoms in total. The van der Waals surface area contributed by atoms with Crippen LogP contribution in [0.5, 0.6) is 0 Å². The molecule has 0 bridgehead atoms. The minimum Gasteiger partial charge on any atom is -0.465 e. The lowest BCUT2D eigenvalue weighted by molar-refractivity contribution is -0.145. The van der Waals surface area contributed by atoms with Gasteiger partial charge in [-0.05, 0) is 25.0 Å². The Morgan fingerprint density at radius 2 is 1.81 bits per heavy atom. The zero-order valence-corrected chi connectivity index (χ0v) is 15.5. The van der Waals surface area contributed by atoms with Crippen LogP contribution >= 0.6 is 0 Å². The van der Waals surface area contributed by atoms with E-state index in [4.69, 9.17) is 9.47 Å². The molecule has 1 aromatic heterocycles. The van der Waals surface area contributed by atoms with Crippen LogP contribution in [0.15, 0.2) is 60.8 Å². The van der Waals surface area contributed by atoms with E-state index in [0.29, 0.717) is 18.7 Å². The molecule has 0 radical (unpaired) electrons. The number of allylic oxidation sites excluding steroid dienone is 1. The van der Waals surface area contributed by atoms with E-state index in [9.17, 15) is 9.59 Å². The molecule has 2 aromatic rings. The Kier molecular flexibility index (Phi) is 8.03. The topological polar surface area (TPSA) is 74.7 Å². The first-order chi connectivity index (χ1) is 13.2. The van der Waals surface area contributed by atoms with E-state index in [0.717, 1.165) is 11.1 Å². The highest BCUT2D eigenvalue weighted by atomic mass is 16.7. The van der Waals surface area contributed by atoms with Crippen molar-refractivity contribution < 1.29 is 23.8 Å². The van der Waals surface area contributed by atoms with Gasteiger partial charge in [0.15, 0.2) is 0 Å². The lowest BCUT2D eigenvalue weighted by Gasteiger charge is -2.14. The molecule has 27 heavy (non-hydrogen) atoms. The van der Waals surface area contributed by atoms with Gasteiger partial charge in [0.2, 0.25) is 0 Å². The summed E-state index contributed by atoms with van der Waals surface area (Å²) in [5.74, 6) is -0.861. The average molecular weight is 369 g/mol. The molecule has 0 spiro atoms. The number of methoxy groups -OCH3 is 1. The molecular weight excluding hydrogens is 346 g/mol. The van der Waals surface area contributed by atoms with Crippen molar-refractivity contribution in [2.75, 3.05) is 20.3 Å². The largest absolute Gasteiger partial charge is 0.508 e. The normalized spacial score (nSPS) is 11.8. The minimum absolute atomic E-state index is 0.0720. The minimum atomic E-state index is -0.750. The zero-order chi connectivity index (χ0) is 19.5. The molecule has 1 unspecified atom stereocenters. The Balaban J connectivity index is 2.08. The Hall–Kier alpha value is -3.15. The van der Waals surface area contributed by atoms with Crippen LogP contribution in [0, 0.1) is 0 Å². The van der Waals surface area contributed by atoms with Crippen molar-refractivity contribution in [3.05, 3.63) is 66.5 Å². The van der Waals surface area contributed by atoms with Gasteiger partial charge < -0.3 is 14.2 Å². The monoisotopic (exact) mass is 369 g/mol. The summed E-state index contributed by atoms with van der Waals surface area (Å²) in [6.07, 6.45) is 4.81. The second-order valence-corrected chi connectivity index (χ2v) is 5.61. The van der Waals surface area contributed by atoms with Gasteiger partial charge in [0.05, 0.1) is 19.4 Å². The quantitative estimate of drug-likeness (QED) is 0.515. The van der Waals surface area contributed by atoms with Gasteiger partial charge in [0, 0.05) is 11.8 Å². The van der Waals surface area contributed by atoms with Gasteiger partial charge in [0.25, 0.3) is 0 Å². The van der Waals surface area contributed by atoms with Crippen LogP contribution < -0.4 is 0 Å². The number of esters is 1. The lowest BCUT2D eigenvalue weighted by Crippen LogP contribution is -2.16. The smallest absolute Gasteiger partial charge is 0.465 e. The molecule has 142 valence electrons. The van der Waals surface area contributed by atoms with E-state index >= 15 is 0 Å². The molecule has 2 rings (SSSR count). The fourth-order valence-electron chi connectivity index (χ4n) is 2.47. The molecule has 6 heteroatoms. The second kappa shape index (κ2) is 10.8. The van der Waals surface area contributed by atoms with Gasteiger partial charge in [-0.25, -0.2) is 4.79 Å². The van der Waals surface area contributed by atoms with Gasteiger partial charge >= 0.3 is 12.1 Å². The highest BCUT2D eigenvalue weighted by Gasteiger charge is 2.22. The average Bonchev–Trinajstić information content (AvgIpc) is 2.71.